The fourth-order valence-electron chi connectivity index (χ4n) is 5.37. The van der Waals surface area contributed by atoms with Gasteiger partial charge in [0.05, 0.1) is 21.2 Å². The molecule has 2 unspecified atom stereocenters. The molecular formula is C29H28Cl2FN3O2. The average Bonchev–Trinajstić information content (AvgIpc) is 3.47. The Bertz CT molecular complexity index is 1280. The summed E-state index contributed by atoms with van der Waals surface area (Å²) in [6, 6.07) is 19.9. The molecule has 2 saturated heterocycles. The second kappa shape index (κ2) is 11.1. The van der Waals surface area contributed by atoms with E-state index in [-0.39, 0.29) is 22.4 Å². The number of nitrogens with one attached hydrogen (secondary N) is 1. The number of anilines is 1. The third kappa shape index (κ3) is 5.60. The van der Waals surface area contributed by atoms with Crippen LogP contribution in [0.15, 0.2) is 66.7 Å². The van der Waals surface area contributed by atoms with Crippen molar-refractivity contribution in [1.29, 1.82) is 0 Å². The van der Waals surface area contributed by atoms with Crippen molar-refractivity contribution in [1.82, 2.24) is 10.2 Å². The highest BCUT2D eigenvalue weighted by atomic mass is 35.5. The number of carbonyl (C=O) groups excluding carboxylic acids is 2. The van der Waals surface area contributed by atoms with E-state index in [9.17, 15) is 14.0 Å². The number of fused-ring (bicyclic) bond motifs is 1. The second-order valence-electron chi connectivity index (χ2n) is 9.74. The number of carbonyl (C=O) groups is 2. The number of amides is 2. The molecule has 2 aliphatic rings. The van der Waals surface area contributed by atoms with Gasteiger partial charge in [-0.1, -0.05) is 53.5 Å². The monoisotopic (exact) mass is 539 g/mol. The van der Waals surface area contributed by atoms with Crippen LogP contribution < -0.4 is 10.2 Å². The SMILES string of the molecule is O=C(NCCCc1cccc(N2CC3CN(C(=O)c4c(F)cccc4Cl)CC3C2)c1)c1ccccc1Cl. The van der Waals surface area contributed by atoms with Gasteiger partial charge >= 0.3 is 0 Å². The molecule has 37 heavy (non-hydrogen) atoms. The molecule has 1 N–H and O–H groups in total. The molecule has 2 aliphatic heterocycles. The van der Waals surface area contributed by atoms with E-state index in [0.29, 0.717) is 42.1 Å². The molecule has 2 fully saturated rings. The van der Waals surface area contributed by atoms with Crippen LogP contribution in [0.2, 0.25) is 10.0 Å². The summed E-state index contributed by atoms with van der Waals surface area (Å²) in [5, 5.41) is 3.55. The number of nitrogens with zero attached hydrogens (tertiary/aromatic N) is 2. The largest absolute Gasteiger partial charge is 0.371 e. The van der Waals surface area contributed by atoms with E-state index >= 15 is 0 Å². The predicted molar refractivity (Wildman–Crippen MR) is 145 cm³/mol. The first-order valence-electron chi connectivity index (χ1n) is 12.5. The highest BCUT2D eigenvalue weighted by Gasteiger charge is 2.42. The van der Waals surface area contributed by atoms with Crippen LogP contribution in [-0.2, 0) is 6.42 Å². The van der Waals surface area contributed by atoms with E-state index in [4.69, 9.17) is 23.2 Å². The highest BCUT2D eigenvalue weighted by molar-refractivity contribution is 6.34. The Hall–Kier alpha value is -3.09. The lowest BCUT2D eigenvalue weighted by atomic mass is 10.0. The maximum atomic E-state index is 14.2. The lowest BCUT2D eigenvalue weighted by Crippen LogP contribution is -2.34. The predicted octanol–water partition coefficient (Wildman–Crippen LogP) is 5.70. The van der Waals surface area contributed by atoms with Crippen molar-refractivity contribution < 1.29 is 14.0 Å². The van der Waals surface area contributed by atoms with E-state index in [1.54, 1.807) is 35.2 Å². The molecule has 5 nitrogen and oxygen atoms in total. The first-order valence-corrected chi connectivity index (χ1v) is 13.3. The van der Waals surface area contributed by atoms with Crippen molar-refractivity contribution in [2.45, 2.75) is 12.8 Å². The van der Waals surface area contributed by atoms with Crippen molar-refractivity contribution in [3.05, 3.63) is 99.3 Å². The number of halogens is 3. The Balaban J connectivity index is 1.12. The van der Waals surface area contributed by atoms with Gasteiger partial charge in [0.2, 0.25) is 0 Å². The lowest BCUT2D eigenvalue weighted by Gasteiger charge is -2.24. The van der Waals surface area contributed by atoms with Gasteiger partial charge in [-0.3, -0.25) is 9.59 Å². The molecule has 192 valence electrons. The Kier molecular flexibility index (Phi) is 7.68. The summed E-state index contributed by atoms with van der Waals surface area (Å²) < 4.78 is 14.2. The Morgan fingerprint density at radius 3 is 2.32 bits per heavy atom. The van der Waals surface area contributed by atoms with Gasteiger partial charge in [0.1, 0.15) is 5.82 Å². The van der Waals surface area contributed by atoms with Crippen LogP contribution in [0.4, 0.5) is 10.1 Å². The van der Waals surface area contributed by atoms with E-state index < -0.39 is 5.82 Å². The third-order valence-electron chi connectivity index (χ3n) is 7.27. The van der Waals surface area contributed by atoms with Crippen LogP contribution in [-0.4, -0.2) is 49.4 Å². The quantitative estimate of drug-likeness (QED) is 0.391. The van der Waals surface area contributed by atoms with E-state index in [1.807, 2.05) is 0 Å². The molecule has 0 aromatic heterocycles. The molecule has 2 atom stereocenters. The standard InChI is InChI=1S/C29H28Cl2FN3O2/c30-24-10-2-1-9-23(24)28(36)33-13-5-7-19-6-3-8-22(14-19)34-15-20-17-35(18-21(20)16-34)29(37)27-25(31)11-4-12-26(27)32/h1-4,6,8-12,14,20-21H,5,7,13,15-18H2,(H,33,36). The highest BCUT2D eigenvalue weighted by Crippen LogP contribution is 2.35. The average molecular weight is 540 g/mol. The summed E-state index contributed by atoms with van der Waals surface area (Å²) in [5.41, 5.74) is 2.84. The number of aryl methyl sites for hydroxylation is 1. The van der Waals surface area contributed by atoms with E-state index in [2.05, 4.69) is 34.5 Å². The fraction of sp³-hybridized carbons (Fsp3) is 0.310. The molecule has 0 bridgehead atoms. The topological polar surface area (TPSA) is 52.7 Å². The molecule has 2 amide bonds. The summed E-state index contributed by atoms with van der Waals surface area (Å²) in [4.78, 5) is 29.4. The fourth-order valence-corrected chi connectivity index (χ4v) is 5.84. The van der Waals surface area contributed by atoms with Gasteiger partial charge in [-0.15, -0.1) is 0 Å². The molecule has 5 rings (SSSR count). The van der Waals surface area contributed by atoms with Gasteiger partial charge in [-0.25, -0.2) is 4.39 Å². The zero-order chi connectivity index (χ0) is 25.9. The normalized spacial score (nSPS) is 18.7. The maximum Gasteiger partial charge on any atom is 0.258 e. The lowest BCUT2D eigenvalue weighted by molar-refractivity contribution is 0.0777. The van der Waals surface area contributed by atoms with Crippen LogP contribution >= 0.6 is 23.2 Å². The first-order chi connectivity index (χ1) is 17.9. The molecule has 2 heterocycles. The number of likely N-dealkylation sites (tertiary alicyclic amines) is 1. The summed E-state index contributed by atoms with van der Waals surface area (Å²) in [7, 11) is 0. The number of rotatable bonds is 7. The second-order valence-corrected chi connectivity index (χ2v) is 10.6. The van der Waals surface area contributed by atoms with Crippen LogP contribution in [0.25, 0.3) is 0 Å². The van der Waals surface area contributed by atoms with Gasteiger partial charge in [-0.05, 0) is 54.8 Å². The molecule has 0 spiro atoms. The van der Waals surface area contributed by atoms with Gasteiger partial charge < -0.3 is 15.1 Å². The van der Waals surface area contributed by atoms with Gasteiger partial charge in [0.15, 0.2) is 0 Å². The van der Waals surface area contributed by atoms with E-state index in [0.717, 1.165) is 25.9 Å². The van der Waals surface area contributed by atoms with Crippen molar-refractivity contribution in [3.8, 4) is 0 Å². The van der Waals surface area contributed by atoms with Crippen molar-refractivity contribution in [2.24, 2.45) is 11.8 Å². The summed E-state index contributed by atoms with van der Waals surface area (Å²) in [6.45, 7) is 3.50. The number of hydrogen-bond donors (Lipinski definition) is 1. The minimum atomic E-state index is -0.573. The molecular weight excluding hydrogens is 512 g/mol. The summed E-state index contributed by atoms with van der Waals surface area (Å²) in [5.74, 6) is -0.367. The zero-order valence-electron chi connectivity index (χ0n) is 20.3. The first kappa shape index (κ1) is 25.6. The van der Waals surface area contributed by atoms with Crippen LogP contribution in [0.3, 0.4) is 0 Å². The maximum absolute atomic E-state index is 14.2. The molecule has 0 aliphatic carbocycles. The van der Waals surface area contributed by atoms with Crippen molar-refractivity contribution in [3.63, 3.8) is 0 Å². The third-order valence-corrected chi connectivity index (χ3v) is 7.92. The van der Waals surface area contributed by atoms with Crippen LogP contribution in [0.1, 0.15) is 32.7 Å². The Morgan fingerprint density at radius 1 is 0.892 bits per heavy atom. The van der Waals surface area contributed by atoms with Gasteiger partial charge in [0, 0.05) is 50.2 Å². The number of hydrogen-bond acceptors (Lipinski definition) is 3. The molecule has 3 aromatic carbocycles. The molecule has 0 radical (unpaired) electrons. The summed E-state index contributed by atoms with van der Waals surface area (Å²) >= 11 is 12.2. The van der Waals surface area contributed by atoms with Gasteiger partial charge in [-0.2, -0.15) is 0 Å². The number of benzene rings is 3. The Morgan fingerprint density at radius 2 is 1.59 bits per heavy atom. The minimum Gasteiger partial charge on any atom is -0.371 e. The van der Waals surface area contributed by atoms with Crippen molar-refractivity contribution >= 4 is 40.7 Å². The molecule has 8 heteroatoms. The molecule has 0 saturated carbocycles. The van der Waals surface area contributed by atoms with Crippen LogP contribution in [0, 0.1) is 17.7 Å². The van der Waals surface area contributed by atoms with Crippen molar-refractivity contribution in [2.75, 3.05) is 37.6 Å². The smallest absolute Gasteiger partial charge is 0.258 e. The van der Waals surface area contributed by atoms with E-state index in [1.165, 1.54) is 23.4 Å². The van der Waals surface area contributed by atoms with Gasteiger partial charge in [0.25, 0.3) is 11.8 Å². The molecule has 3 aromatic rings. The Labute approximate surface area is 226 Å². The summed E-state index contributed by atoms with van der Waals surface area (Å²) in [6.07, 6.45) is 1.67. The minimum absolute atomic E-state index is 0.0308. The van der Waals surface area contributed by atoms with Crippen LogP contribution in [0.5, 0.6) is 0 Å². The zero-order valence-corrected chi connectivity index (χ0v) is 21.8.